The van der Waals surface area contributed by atoms with Gasteiger partial charge in [0, 0.05) is 17.5 Å². The molecule has 1 aromatic heterocycles. The fraction of sp³-hybridized carbons (Fsp3) is 0.0588. The van der Waals surface area contributed by atoms with Crippen LogP contribution in [0.15, 0.2) is 54.6 Å². The molecule has 1 heterocycles. The Hall–Kier alpha value is -2.55. The van der Waals surface area contributed by atoms with Crippen LogP contribution >= 0.6 is 0 Å². The molecule has 0 saturated carbocycles. The van der Waals surface area contributed by atoms with Crippen LogP contribution in [0.4, 0.5) is 4.39 Å². The summed E-state index contributed by atoms with van der Waals surface area (Å²) in [4.78, 5) is 15.3. The number of para-hydroxylation sites is 1. The molecule has 0 aliphatic heterocycles. The molecule has 0 atom stereocenters. The Morgan fingerprint density at radius 1 is 1.05 bits per heavy atom. The number of rotatable bonds is 3. The predicted octanol–water partition coefficient (Wildman–Crippen LogP) is 3.78. The predicted molar refractivity (Wildman–Crippen MR) is 76.3 cm³/mol. The number of nitrogens with zero attached hydrogens (tertiary/aromatic N) is 1. The Morgan fingerprint density at radius 2 is 1.90 bits per heavy atom. The Kier molecular flexibility index (Phi) is 3.25. The van der Waals surface area contributed by atoms with E-state index in [2.05, 4.69) is 4.98 Å². The highest BCUT2D eigenvalue weighted by Crippen LogP contribution is 2.16. The summed E-state index contributed by atoms with van der Waals surface area (Å²) in [7, 11) is 0. The average Bonchev–Trinajstić information content (AvgIpc) is 2.49. The van der Waals surface area contributed by atoms with Gasteiger partial charge in [-0.25, -0.2) is 4.39 Å². The van der Waals surface area contributed by atoms with E-state index in [0.717, 1.165) is 22.2 Å². The van der Waals surface area contributed by atoms with Crippen LogP contribution in [0.3, 0.4) is 0 Å². The van der Waals surface area contributed by atoms with Crippen LogP contribution in [-0.4, -0.2) is 11.3 Å². The molecule has 0 spiro atoms. The molecular weight excluding hydrogens is 253 g/mol. The second-order valence-electron chi connectivity index (χ2n) is 4.65. The number of benzene rings is 2. The molecule has 0 amide bonds. The number of aldehydes is 1. The summed E-state index contributed by atoms with van der Waals surface area (Å²) in [5, 5.41) is 1.09. The number of fused-ring (bicyclic) bond motifs is 1. The lowest BCUT2D eigenvalue weighted by atomic mass is 10.1. The van der Waals surface area contributed by atoms with Crippen molar-refractivity contribution in [3.63, 3.8) is 0 Å². The second-order valence-corrected chi connectivity index (χ2v) is 4.65. The van der Waals surface area contributed by atoms with E-state index in [4.69, 9.17) is 0 Å². The van der Waals surface area contributed by atoms with Crippen LogP contribution in [-0.2, 0) is 6.42 Å². The second kappa shape index (κ2) is 5.21. The van der Waals surface area contributed by atoms with Crippen LogP contribution in [0, 0.1) is 5.82 Å². The maximum Gasteiger partial charge on any atom is 0.153 e. The largest absolute Gasteiger partial charge is 0.298 e. The quantitative estimate of drug-likeness (QED) is 0.675. The smallest absolute Gasteiger partial charge is 0.153 e. The molecule has 3 aromatic rings. The third-order valence-corrected chi connectivity index (χ3v) is 3.23. The van der Waals surface area contributed by atoms with E-state index in [0.29, 0.717) is 12.7 Å². The zero-order valence-electron chi connectivity index (χ0n) is 10.7. The van der Waals surface area contributed by atoms with Crippen molar-refractivity contribution in [1.82, 2.24) is 4.98 Å². The zero-order valence-corrected chi connectivity index (χ0v) is 10.7. The lowest BCUT2D eigenvalue weighted by molar-refractivity contribution is 0.111. The molecule has 0 radical (unpaired) electrons. The monoisotopic (exact) mass is 265 g/mol. The molecule has 98 valence electrons. The molecule has 0 unspecified atom stereocenters. The normalized spacial score (nSPS) is 10.7. The SMILES string of the molecule is O=Cc1cc(Cc2ccc3ccccc3n2)ccc1F. The summed E-state index contributed by atoms with van der Waals surface area (Å²) in [6.07, 6.45) is 1.11. The van der Waals surface area contributed by atoms with Gasteiger partial charge in [-0.3, -0.25) is 9.78 Å². The van der Waals surface area contributed by atoms with E-state index < -0.39 is 5.82 Å². The summed E-state index contributed by atoms with van der Waals surface area (Å²) in [5.41, 5.74) is 2.79. The lowest BCUT2D eigenvalue weighted by Crippen LogP contribution is -1.95. The van der Waals surface area contributed by atoms with E-state index >= 15 is 0 Å². The van der Waals surface area contributed by atoms with Gasteiger partial charge in [0.2, 0.25) is 0 Å². The van der Waals surface area contributed by atoms with E-state index in [-0.39, 0.29) is 5.56 Å². The van der Waals surface area contributed by atoms with Gasteiger partial charge in [0.1, 0.15) is 5.82 Å². The Morgan fingerprint density at radius 3 is 2.75 bits per heavy atom. The van der Waals surface area contributed by atoms with Crippen LogP contribution in [0.25, 0.3) is 10.9 Å². The molecule has 0 aliphatic rings. The third-order valence-electron chi connectivity index (χ3n) is 3.23. The molecule has 0 N–H and O–H groups in total. The molecule has 20 heavy (non-hydrogen) atoms. The summed E-state index contributed by atoms with van der Waals surface area (Å²) in [6, 6.07) is 16.4. The molecule has 3 rings (SSSR count). The van der Waals surface area contributed by atoms with Crippen molar-refractivity contribution in [2.24, 2.45) is 0 Å². The van der Waals surface area contributed by atoms with Gasteiger partial charge in [0.15, 0.2) is 6.29 Å². The van der Waals surface area contributed by atoms with Gasteiger partial charge >= 0.3 is 0 Å². The van der Waals surface area contributed by atoms with E-state index in [1.54, 1.807) is 12.1 Å². The maximum absolute atomic E-state index is 13.3. The van der Waals surface area contributed by atoms with Crippen molar-refractivity contribution in [1.29, 1.82) is 0 Å². The standard InChI is InChI=1S/C17H12FNO/c18-16-8-5-12(9-14(16)11-20)10-15-7-6-13-3-1-2-4-17(13)19-15/h1-9,11H,10H2. The van der Waals surface area contributed by atoms with Crippen molar-refractivity contribution in [3.8, 4) is 0 Å². The van der Waals surface area contributed by atoms with Gasteiger partial charge < -0.3 is 0 Å². The lowest BCUT2D eigenvalue weighted by Gasteiger charge is -2.04. The first-order valence-electron chi connectivity index (χ1n) is 6.34. The average molecular weight is 265 g/mol. The fourth-order valence-corrected chi connectivity index (χ4v) is 2.21. The fourth-order valence-electron chi connectivity index (χ4n) is 2.21. The number of hydrogen-bond donors (Lipinski definition) is 0. The molecule has 2 nitrogen and oxygen atoms in total. The first-order valence-corrected chi connectivity index (χ1v) is 6.34. The summed E-state index contributed by atoms with van der Waals surface area (Å²) >= 11 is 0. The van der Waals surface area contributed by atoms with Crippen LogP contribution in [0.2, 0.25) is 0 Å². The van der Waals surface area contributed by atoms with Gasteiger partial charge in [0.05, 0.1) is 11.1 Å². The van der Waals surface area contributed by atoms with Crippen molar-refractivity contribution < 1.29 is 9.18 Å². The molecule has 3 heteroatoms. The van der Waals surface area contributed by atoms with Crippen LogP contribution in [0.5, 0.6) is 0 Å². The minimum Gasteiger partial charge on any atom is -0.298 e. The first-order chi connectivity index (χ1) is 9.76. The van der Waals surface area contributed by atoms with Gasteiger partial charge in [-0.05, 0) is 29.8 Å². The minimum atomic E-state index is -0.491. The molecule has 0 saturated heterocycles. The summed E-state index contributed by atoms with van der Waals surface area (Å²) in [6.45, 7) is 0. The van der Waals surface area contributed by atoms with Gasteiger partial charge in [-0.15, -0.1) is 0 Å². The number of aromatic nitrogens is 1. The summed E-state index contributed by atoms with van der Waals surface area (Å²) in [5.74, 6) is -0.491. The van der Waals surface area contributed by atoms with Crippen molar-refractivity contribution in [2.75, 3.05) is 0 Å². The molecule has 0 aliphatic carbocycles. The number of halogens is 1. The highest BCUT2D eigenvalue weighted by Gasteiger charge is 2.04. The van der Waals surface area contributed by atoms with Crippen LogP contribution in [0.1, 0.15) is 21.6 Å². The van der Waals surface area contributed by atoms with Gasteiger partial charge in [0.25, 0.3) is 0 Å². The highest BCUT2D eigenvalue weighted by atomic mass is 19.1. The van der Waals surface area contributed by atoms with E-state index in [1.165, 1.54) is 6.07 Å². The number of carbonyl (C=O) groups excluding carboxylic acids is 1. The highest BCUT2D eigenvalue weighted by molar-refractivity contribution is 5.78. The molecular formula is C17H12FNO. The third kappa shape index (κ3) is 2.43. The Labute approximate surface area is 115 Å². The Balaban J connectivity index is 1.94. The van der Waals surface area contributed by atoms with Crippen molar-refractivity contribution in [3.05, 3.63) is 77.2 Å². The van der Waals surface area contributed by atoms with Crippen molar-refractivity contribution in [2.45, 2.75) is 6.42 Å². The topological polar surface area (TPSA) is 30.0 Å². The minimum absolute atomic E-state index is 0.0864. The number of pyridine rings is 1. The van der Waals surface area contributed by atoms with Gasteiger partial charge in [-0.2, -0.15) is 0 Å². The number of hydrogen-bond acceptors (Lipinski definition) is 2. The summed E-state index contributed by atoms with van der Waals surface area (Å²) < 4.78 is 13.3. The van der Waals surface area contributed by atoms with E-state index in [9.17, 15) is 9.18 Å². The zero-order chi connectivity index (χ0) is 13.9. The van der Waals surface area contributed by atoms with Gasteiger partial charge in [-0.1, -0.05) is 30.3 Å². The van der Waals surface area contributed by atoms with Crippen LogP contribution < -0.4 is 0 Å². The van der Waals surface area contributed by atoms with Crippen molar-refractivity contribution >= 4 is 17.2 Å². The molecule has 0 fully saturated rings. The molecule has 0 bridgehead atoms. The van der Waals surface area contributed by atoms with E-state index in [1.807, 2.05) is 36.4 Å². The number of carbonyl (C=O) groups is 1. The molecule has 2 aromatic carbocycles. The Bertz CT molecular complexity index is 783. The first kappa shape index (κ1) is 12.5. The maximum atomic E-state index is 13.3.